The van der Waals surface area contributed by atoms with Gasteiger partial charge in [0, 0.05) is 14.2 Å². The van der Waals surface area contributed by atoms with E-state index >= 15 is 0 Å². The van der Waals surface area contributed by atoms with Gasteiger partial charge in [0.2, 0.25) is 11.8 Å². The maximum absolute atomic E-state index is 11.9. The Morgan fingerprint density at radius 2 is 1.50 bits per heavy atom. The van der Waals surface area contributed by atoms with Crippen LogP contribution in [0.15, 0.2) is 24.3 Å². The average Bonchev–Trinajstić information content (AvgIpc) is 2.69. The van der Waals surface area contributed by atoms with Crippen molar-refractivity contribution in [2.24, 2.45) is 0 Å². The van der Waals surface area contributed by atoms with E-state index in [-0.39, 0.29) is 29.1 Å². The molecule has 0 saturated carbocycles. The molecule has 0 bridgehead atoms. The number of carbonyl (C=O) groups is 1. The molecule has 0 aliphatic carbocycles. The van der Waals surface area contributed by atoms with Crippen molar-refractivity contribution in [3.63, 3.8) is 0 Å². The fourth-order valence-electron chi connectivity index (χ4n) is 2.23. The third-order valence-electron chi connectivity index (χ3n) is 3.40. The summed E-state index contributed by atoms with van der Waals surface area (Å²) in [5.41, 5.74) is 0.598. The first kappa shape index (κ1) is 19.4. The van der Waals surface area contributed by atoms with Crippen molar-refractivity contribution in [1.82, 2.24) is 9.97 Å². The molecule has 0 fully saturated rings. The summed E-state index contributed by atoms with van der Waals surface area (Å²) < 4.78 is 31.4. The summed E-state index contributed by atoms with van der Waals surface area (Å²) in [6.07, 6.45) is -0.795. The van der Waals surface area contributed by atoms with Gasteiger partial charge >= 0.3 is 12.0 Å². The number of nitrogens with zero attached hydrogens (tertiary/aromatic N) is 2. The second-order valence-electron chi connectivity index (χ2n) is 4.83. The lowest BCUT2D eigenvalue weighted by Gasteiger charge is -2.19. The molecule has 1 aromatic carbocycles. The van der Waals surface area contributed by atoms with Gasteiger partial charge in [-0.15, -0.1) is 0 Å². The van der Waals surface area contributed by atoms with Crippen molar-refractivity contribution >= 4 is 5.97 Å². The standard InChI is InChI=1S/C17H20N2O7/c1-21-13-12(16(24-4)25-5)14(22-2)19-17(18-13)26-11-9-7-6-8-10(11)15(20)23-3/h6-9,16H,1-5H3. The van der Waals surface area contributed by atoms with E-state index in [2.05, 4.69) is 9.97 Å². The van der Waals surface area contributed by atoms with E-state index in [1.807, 2.05) is 0 Å². The summed E-state index contributed by atoms with van der Waals surface area (Å²) in [6.45, 7) is 0. The van der Waals surface area contributed by atoms with Gasteiger partial charge in [-0.25, -0.2) is 4.79 Å². The van der Waals surface area contributed by atoms with Crippen LogP contribution in [0.5, 0.6) is 23.5 Å². The highest BCUT2D eigenvalue weighted by Gasteiger charge is 2.26. The minimum Gasteiger partial charge on any atom is -0.480 e. The van der Waals surface area contributed by atoms with Crippen molar-refractivity contribution in [2.45, 2.75) is 6.29 Å². The second-order valence-corrected chi connectivity index (χ2v) is 4.83. The fourth-order valence-corrected chi connectivity index (χ4v) is 2.23. The quantitative estimate of drug-likeness (QED) is 0.516. The molecule has 0 amide bonds. The molecule has 2 rings (SSSR count). The lowest BCUT2D eigenvalue weighted by Crippen LogP contribution is -2.11. The largest absolute Gasteiger partial charge is 0.480 e. The normalized spacial score (nSPS) is 10.5. The van der Waals surface area contributed by atoms with Gasteiger partial charge in [0.25, 0.3) is 0 Å². The first-order valence-electron chi connectivity index (χ1n) is 7.50. The highest BCUT2D eigenvalue weighted by atomic mass is 16.7. The van der Waals surface area contributed by atoms with Crippen LogP contribution in [-0.2, 0) is 14.2 Å². The van der Waals surface area contributed by atoms with Crippen molar-refractivity contribution in [3.8, 4) is 23.5 Å². The van der Waals surface area contributed by atoms with Crippen LogP contribution < -0.4 is 14.2 Å². The smallest absolute Gasteiger partial charge is 0.341 e. The van der Waals surface area contributed by atoms with Gasteiger partial charge < -0.3 is 28.4 Å². The van der Waals surface area contributed by atoms with E-state index in [0.717, 1.165) is 0 Å². The Balaban J connectivity index is 2.48. The number of rotatable bonds is 8. The Bertz CT molecular complexity index is 738. The number of hydrogen-bond donors (Lipinski definition) is 0. The number of para-hydroxylation sites is 1. The summed E-state index contributed by atoms with van der Waals surface area (Å²) in [5, 5.41) is 0. The Hall–Kier alpha value is -2.91. The molecule has 0 radical (unpaired) electrons. The summed E-state index contributed by atoms with van der Waals surface area (Å²) in [4.78, 5) is 20.2. The van der Waals surface area contributed by atoms with Gasteiger partial charge in [0.1, 0.15) is 16.9 Å². The average molecular weight is 364 g/mol. The van der Waals surface area contributed by atoms with Gasteiger partial charge in [-0.1, -0.05) is 12.1 Å². The van der Waals surface area contributed by atoms with Crippen LogP contribution in [0.3, 0.4) is 0 Å². The summed E-state index contributed by atoms with van der Waals surface area (Å²) >= 11 is 0. The van der Waals surface area contributed by atoms with Crippen molar-refractivity contribution in [3.05, 3.63) is 35.4 Å². The van der Waals surface area contributed by atoms with Crippen LogP contribution in [0.1, 0.15) is 22.2 Å². The van der Waals surface area contributed by atoms with Crippen molar-refractivity contribution in [1.29, 1.82) is 0 Å². The second kappa shape index (κ2) is 8.97. The predicted octanol–water partition coefficient (Wildman–Crippen LogP) is 2.36. The maximum Gasteiger partial charge on any atom is 0.341 e. The lowest BCUT2D eigenvalue weighted by atomic mass is 10.2. The molecule has 0 N–H and O–H groups in total. The monoisotopic (exact) mass is 364 g/mol. The fraction of sp³-hybridized carbons (Fsp3) is 0.353. The molecule has 0 unspecified atom stereocenters. The first-order chi connectivity index (χ1) is 12.6. The van der Waals surface area contributed by atoms with E-state index in [1.165, 1.54) is 35.5 Å². The zero-order chi connectivity index (χ0) is 19.1. The third kappa shape index (κ3) is 4.01. The molecule has 9 heteroatoms. The maximum atomic E-state index is 11.9. The van der Waals surface area contributed by atoms with E-state index < -0.39 is 12.3 Å². The number of aromatic nitrogens is 2. The summed E-state index contributed by atoms with van der Waals surface area (Å²) in [5.74, 6) is -0.0200. The van der Waals surface area contributed by atoms with Gasteiger partial charge in [-0.3, -0.25) is 0 Å². The topological polar surface area (TPSA) is 98.2 Å². The number of benzene rings is 1. The van der Waals surface area contributed by atoms with Crippen LogP contribution in [-0.4, -0.2) is 51.5 Å². The molecule has 0 atom stereocenters. The van der Waals surface area contributed by atoms with Crippen LogP contribution in [0.25, 0.3) is 0 Å². The van der Waals surface area contributed by atoms with Crippen LogP contribution in [0, 0.1) is 0 Å². The first-order valence-corrected chi connectivity index (χ1v) is 7.50. The molecule has 0 aliphatic heterocycles. The van der Waals surface area contributed by atoms with Crippen LogP contribution >= 0.6 is 0 Å². The Morgan fingerprint density at radius 3 is 2.00 bits per heavy atom. The van der Waals surface area contributed by atoms with Crippen molar-refractivity contribution < 1.29 is 33.2 Å². The van der Waals surface area contributed by atoms with Gasteiger partial charge in [0.05, 0.1) is 21.3 Å². The number of ether oxygens (including phenoxy) is 6. The Morgan fingerprint density at radius 1 is 0.923 bits per heavy atom. The molecule has 2 aromatic rings. The molecule has 0 saturated heterocycles. The molecule has 26 heavy (non-hydrogen) atoms. The molecular formula is C17H20N2O7. The van der Waals surface area contributed by atoms with Gasteiger partial charge in [-0.05, 0) is 12.1 Å². The molecular weight excluding hydrogens is 344 g/mol. The molecule has 140 valence electrons. The summed E-state index contributed by atoms with van der Waals surface area (Å²) in [6, 6.07) is 6.47. The number of methoxy groups -OCH3 is 5. The van der Waals surface area contributed by atoms with E-state index in [9.17, 15) is 4.79 Å². The molecule has 0 spiro atoms. The number of hydrogen-bond acceptors (Lipinski definition) is 9. The zero-order valence-corrected chi connectivity index (χ0v) is 15.1. The highest BCUT2D eigenvalue weighted by Crippen LogP contribution is 2.36. The molecule has 0 aliphatic rings. The summed E-state index contributed by atoms with van der Waals surface area (Å²) in [7, 11) is 7.07. The zero-order valence-electron chi connectivity index (χ0n) is 15.1. The molecule has 1 heterocycles. The van der Waals surface area contributed by atoms with Crippen LogP contribution in [0.2, 0.25) is 0 Å². The third-order valence-corrected chi connectivity index (χ3v) is 3.40. The van der Waals surface area contributed by atoms with Crippen LogP contribution in [0.4, 0.5) is 0 Å². The minimum absolute atomic E-state index is 0.0789. The van der Waals surface area contributed by atoms with Gasteiger partial charge in [-0.2, -0.15) is 9.97 Å². The van der Waals surface area contributed by atoms with E-state index in [1.54, 1.807) is 24.3 Å². The molecule has 9 nitrogen and oxygen atoms in total. The number of esters is 1. The van der Waals surface area contributed by atoms with E-state index in [0.29, 0.717) is 5.56 Å². The SMILES string of the molecule is COC(=O)c1ccccc1Oc1nc(OC)c(C(OC)OC)c(OC)n1. The lowest BCUT2D eigenvalue weighted by molar-refractivity contribution is -0.108. The molecule has 1 aromatic heterocycles. The van der Waals surface area contributed by atoms with Crippen molar-refractivity contribution in [2.75, 3.05) is 35.5 Å². The van der Waals surface area contributed by atoms with E-state index in [4.69, 9.17) is 28.4 Å². The Labute approximate surface area is 150 Å². The minimum atomic E-state index is -0.795. The predicted molar refractivity (Wildman–Crippen MR) is 89.8 cm³/mol. The number of carbonyl (C=O) groups excluding carboxylic acids is 1. The highest BCUT2D eigenvalue weighted by molar-refractivity contribution is 5.92. The Kier molecular flexibility index (Phi) is 6.70. The van der Waals surface area contributed by atoms with Gasteiger partial charge in [0.15, 0.2) is 6.29 Å².